The predicted molar refractivity (Wildman–Crippen MR) is 114 cm³/mol. The Kier molecular flexibility index (Phi) is 6.04. The zero-order valence-corrected chi connectivity index (χ0v) is 17.5. The maximum atomic E-state index is 13.0. The minimum atomic E-state index is -3.21. The van der Waals surface area contributed by atoms with Crippen molar-refractivity contribution in [3.8, 4) is 0 Å². The van der Waals surface area contributed by atoms with Gasteiger partial charge < -0.3 is 4.90 Å². The van der Waals surface area contributed by atoms with Crippen molar-refractivity contribution < 1.29 is 13.2 Å². The van der Waals surface area contributed by atoms with E-state index in [9.17, 15) is 13.2 Å². The minimum absolute atomic E-state index is 0.0131. The molecule has 0 saturated heterocycles. The smallest absolute Gasteiger partial charge is 0.175 e. The van der Waals surface area contributed by atoms with E-state index in [0.717, 1.165) is 36.1 Å². The largest absolute Gasteiger partial charge is 0.374 e. The van der Waals surface area contributed by atoms with Crippen LogP contribution in [-0.2, 0) is 14.6 Å². The first-order valence-electron chi connectivity index (χ1n) is 9.57. The molecule has 0 radical (unpaired) electrons. The lowest BCUT2D eigenvalue weighted by molar-refractivity contribution is -0.120. The molecule has 0 heterocycles. The Bertz CT molecular complexity index is 991. The van der Waals surface area contributed by atoms with Crippen molar-refractivity contribution in [1.29, 1.82) is 0 Å². The number of rotatable bonds is 5. The maximum absolute atomic E-state index is 13.0. The van der Waals surface area contributed by atoms with Crippen molar-refractivity contribution in [2.75, 3.05) is 24.7 Å². The number of hydrogen-bond donors (Lipinski definition) is 0. The lowest BCUT2D eigenvalue weighted by Crippen LogP contribution is -2.33. The van der Waals surface area contributed by atoms with Gasteiger partial charge in [0.15, 0.2) is 15.6 Å². The Labute approximate surface area is 167 Å². The first-order valence-corrected chi connectivity index (χ1v) is 11.5. The van der Waals surface area contributed by atoms with Crippen molar-refractivity contribution in [3.63, 3.8) is 0 Å². The molecule has 1 saturated carbocycles. The van der Waals surface area contributed by atoms with E-state index in [1.807, 2.05) is 19.2 Å². The third-order valence-corrected chi connectivity index (χ3v) is 6.40. The van der Waals surface area contributed by atoms with Crippen LogP contribution in [-0.4, -0.2) is 34.0 Å². The van der Waals surface area contributed by atoms with Crippen LogP contribution in [0.25, 0.3) is 6.08 Å². The first kappa shape index (κ1) is 20.3. The third-order valence-electron chi connectivity index (χ3n) is 5.27. The molecule has 1 fully saturated rings. The lowest BCUT2D eigenvalue weighted by atomic mass is 9.83. The zero-order valence-electron chi connectivity index (χ0n) is 16.7. The molecule has 148 valence electrons. The molecule has 2 aromatic rings. The number of anilines is 1. The van der Waals surface area contributed by atoms with Crippen LogP contribution < -0.4 is 4.90 Å². The Morgan fingerprint density at radius 3 is 2.50 bits per heavy atom. The number of aryl methyl sites for hydroxylation is 1. The van der Waals surface area contributed by atoms with Crippen LogP contribution >= 0.6 is 0 Å². The Morgan fingerprint density at radius 2 is 1.86 bits per heavy atom. The van der Waals surface area contributed by atoms with Crippen LogP contribution in [0.1, 0.15) is 30.4 Å². The molecule has 1 unspecified atom stereocenters. The quantitative estimate of drug-likeness (QED) is 0.707. The van der Waals surface area contributed by atoms with Gasteiger partial charge in [-0.15, -0.1) is 0 Å². The SMILES string of the molecule is Cc1cccc(N(C)CC2CCC/C(=C\c3ccc(S(C)(=O)=O)cc3)C2=O)c1. The maximum Gasteiger partial charge on any atom is 0.175 e. The van der Waals surface area contributed by atoms with Gasteiger partial charge in [-0.3, -0.25) is 4.79 Å². The highest BCUT2D eigenvalue weighted by molar-refractivity contribution is 7.90. The summed E-state index contributed by atoms with van der Waals surface area (Å²) in [4.78, 5) is 15.4. The summed E-state index contributed by atoms with van der Waals surface area (Å²) in [6.07, 6.45) is 5.77. The molecule has 0 N–H and O–H groups in total. The number of ketones is 1. The van der Waals surface area contributed by atoms with E-state index in [-0.39, 0.29) is 11.7 Å². The normalized spacial score (nSPS) is 19.0. The second-order valence-corrected chi connectivity index (χ2v) is 9.70. The van der Waals surface area contributed by atoms with E-state index < -0.39 is 9.84 Å². The highest BCUT2D eigenvalue weighted by Gasteiger charge is 2.27. The number of carbonyl (C=O) groups is 1. The van der Waals surface area contributed by atoms with Gasteiger partial charge in [0.05, 0.1) is 4.90 Å². The number of allylic oxidation sites excluding steroid dienone is 1. The number of hydrogen-bond acceptors (Lipinski definition) is 4. The van der Waals surface area contributed by atoms with Crippen LogP contribution in [0.4, 0.5) is 5.69 Å². The molecule has 28 heavy (non-hydrogen) atoms. The van der Waals surface area contributed by atoms with E-state index in [1.165, 1.54) is 11.8 Å². The molecule has 1 aliphatic carbocycles. The molecule has 4 nitrogen and oxygen atoms in total. The van der Waals surface area contributed by atoms with Gasteiger partial charge >= 0.3 is 0 Å². The summed E-state index contributed by atoms with van der Waals surface area (Å²) in [7, 11) is -1.18. The molecule has 2 aromatic carbocycles. The number of Topliss-reactive ketones (excluding diaryl/α,β-unsaturated/α-hetero) is 1. The summed E-state index contributed by atoms with van der Waals surface area (Å²) >= 11 is 0. The average molecular weight is 398 g/mol. The summed E-state index contributed by atoms with van der Waals surface area (Å²) in [5.41, 5.74) is 4.03. The highest BCUT2D eigenvalue weighted by Crippen LogP contribution is 2.29. The van der Waals surface area contributed by atoms with Crippen LogP contribution in [0.15, 0.2) is 59.0 Å². The molecule has 1 aliphatic rings. The van der Waals surface area contributed by atoms with Crippen molar-refractivity contribution in [1.82, 2.24) is 0 Å². The molecule has 0 amide bonds. The van der Waals surface area contributed by atoms with E-state index in [0.29, 0.717) is 11.4 Å². The first-order chi connectivity index (χ1) is 13.2. The minimum Gasteiger partial charge on any atom is -0.374 e. The Morgan fingerprint density at radius 1 is 1.14 bits per heavy atom. The van der Waals surface area contributed by atoms with Gasteiger partial charge in [-0.2, -0.15) is 0 Å². The zero-order chi connectivity index (χ0) is 20.3. The van der Waals surface area contributed by atoms with E-state index in [1.54, 1.807) is 24.3 Å². The lowest BCUT2D eigenvalue weighted by Gasteiger charge is -2.29. The van der Waals surface area contributed by atoms with Crippen molar-refractivity contribution >= 4 is 27.4 Å². The van der Waals surface area contributed by atoms with Gasteiger partial charge in [-0.1, -0.05) is 24.3 Å². The summed E-state index contributed by atoms with van der Waals surface area (Å²) in [6, 6.07) is 15.0. The molecule has 0 aromatic heterocycles. The number of carbonyl (C=O) groups excluding carboxylic acids is 1. The van der Waals surface area contributed by atoms with Crippen LogP contribution in [0.3, 0.4) is 0 Å². The average Bonchev–Trinajstić information content (AvgIpc) is 2.64. The Hall–Kier alpha value is -2.40. The van der Waals surface area contributed by atoms with Crippen molar-refractivity contribution in [2.24, 2.45) is 5.92 Å². The fraction of sp³-hybridized carbons (Fsp3) is 0.348. The van der Waals surface area contributed by atoms with Gasteiger partial charge in [0.1, 0.15) is 0 Å². The molecule has 0 aliphatic heterocycles. The molecule has 5 heteroatoms. The van der Waals surface area contributed by atoms with E-state index >= 15 is 0 Å². The fourth-order valence-electron chi connectivity index (χ4n) is 3.69. The molecular formula is C23H27NO3S. The van der Waals surface area contributed by atoms with Crippen molar-refractivity contribution in [3.05, 3.63) is 65.2 Å². The number of nitrogens with zero attached hydrogens (tertiary/aromatic N) is 1. The number of benzene rings is 2. The van der Waals surface area contributed by atoms with Crippen LogP contribution in [0.2, 0.25) is 0 Å². The van der Waals surface area contributed by atoms with Crippen molar-refractivity contribution in [2.45, 2.75) is 31.1 Å². The Balaban J connectivity index is 1.74. The predicted octanol–water partition coefficient (Wildman–Crippen LogP) is 4.29. The van der Waals surface area contributed by atoms with Gasteiger partial charge in [0.25, 0.3) is 0 Å². The van der Waals surface area contributed by atoms with E-state index in [2.05, 4.69) is 30.0 Å². The second-order valence-electron chi connectivity index (χ2n) is 7.68. The molecule has 1 atom stereocenters. The standard InChI is InChI=1S/C23H27NO3S/c1-17-6-4-9-21(14-17)24(2)16-20-8-5-7-19(23(20)25)15-18-10-12-22(13-11-18)28(3,26)27/h4,6,9-15,20H,5,7-8,16H2,1-3H3/b19-15+. The fourth-order valence-corrected chi connectivity index (χ4v) is 4.32. The highest BCUT2D eigenvalue weighted by atomic mass is 32.2. The molecular weight excluding hydrogens is 370 g/mol. The molecule has 0 spiro atoms. The topological polar surface area (TPSA) is 54.5 Å². The molecule has 0 bridgehead atoms. The van der Waals surface area contributed by atoms with Gasteiger partial charge in [-0.25, -0.2) is 8.42 Å². The van der Waals surface area contributed by atoms with Gasteiger partial charge in [0.2, 0.25) is 0 Å². The van der Waals surface area contributed by atoms with Gasteiger partial charge in [-0.05, 0) is 73.2 Å². The van der Waals surface area contributed by atoms with E-state index in [4.69, 9.17) is 0 Å². The summed E-state index contributed by atoms with van der Waals surface area (Å²) in [5, 5.41) is 0. The molecule has 3 rings (SSSR count). The summed E-state index contributed by atoms with van der Waals surface area (Å²) in [5.74, 6) is 0.193. The number of sulfone groups is 1. The van der Waals surface area contributed by atoms with Gasteiger partial charge in [0, 0.05) is 31.5 Å². The second kappa shape index (κ2) is 8.31. The summed E-state index contributed by atoms with van der Waals surface area (Å²) < 4.78 is 23.2. The van der Waals surface area contributed by atoms with Crippen LogP contribution in [0, 0.1) is 12.8 Å². The third kappa shape index (κ3) is 4.90. The van der Waals surface area contributed by atoms with Crippen LogP contribution in [0.5, 0.6) is 0 Å². The summed E-state index contributed by atoms with van der Waals surface area (Å²) in [6.45, 7) is 2.77. The monoisotopic (exact) mass is 397 g/mol.